The fraction of sp³-hybridized carbons (Fsp3) is 0.455. The van der Waals surface area contributed by atoms with Crippen molar-refractivity contribution < 1.29 is 18.7 Å². The average Bonchev–Trinajstić information content (AvgIpc) is 3.24. The van der Waals surface area contributed by atoms with Crippen molar-refractivity contribution in [2.75, 3.05) is 13.7 Å². The maximum atomic E-state index is 13.0. The van der Waals surface area contributed by atoms with Crippen molar-refractivity contribution in [1.82, 2.24) is 4.90 Å². The third kappa shape index (κ3) is 3.15. The monoisotopic (exact) mass is 367 g/mol. The van der Waals surface area contributed by atoms with Gasteiger partial charge in [-0.05, 0) is 62.4 Å². The molecule has 0 N–H and O–H groups in total. The fourth-order valence-corrected chi connectivity index (χ4v) is 4.34. The average molecular weight is 367 g/mol. The summed E-state index contributed by atoms with van der Waals surface area (Å²) in [5.41, 5.74) is 2.85. The number of furan rings is 1. The van der Waals surface area contributed by atoms with E-state index in [1.807, 2.05) is 43.0 Å². The van der Waals surface area contributed by atoms with Crippen molar-refractivity contribution in [3.63, 3.8) is 0 Å². The molecule has 2 aromatic rings. The second kappa shape index (κ2) is 6.87. The summed E-state index contributed by atoms with van der Waals surface area (Å²) in [6.45, 7) is 4.47. The zero-order chi connectivity index (χ0) is 19.1. The van der Waals surface area contributed by atoms with Gasteiger partial charge in [-0.3, -0.25) is 9.59 Å². The molecule has 0 aliphatic carbocycles. The van der Waals surface area contributed by atoms with Crippen molar-refractivity contribution in [2.45, 2.75) is 45.6 Å². The Bertz CT molecular complexity index is 898. The largest absolute Gasteiger partial charge is 0.496 e. The van der Waals surface area contributed by atoms with Gasteiger partial charge in [0.2, 0.25) is 11.7 Å². The summed E-state index contributed by atoms with van der Waals surface area (Å²) < 4.78 is 11.5. The molecule has 0 spiro atoms. The number of nitrogens with zero attached hydrogens (tertiary/aromatic N) is 1. The molecule has 1 aromatic heterocycles. The van der Waals surface area contributed by atoms with Crippen molar-refractivity contribution >= 4 is 11.7 Å². The van der Waals surface area contributed by atoms with E-state index in [0.29, 0.717) is 30.5 Å². The molecule has 5 nitrogen and oxygen atoms in total. The van der Waals surface area contributed by atoms with E-state index in [0.717, 1.165) is 41.7 Å². The van der Waals surface area contributed by atoms with Crippen molar-refractivity contribution in [3.8, 4) is 17.1 Å². The van der Waals surface area contributed by atoms with Crippen LogP contribution in [0.15, 0.2) is 28.7 Å². The van der Waals surface area contributed by atoms with E-state index in [-0.39, 0.29) is 17.6 Å². The second-order valence-electron chi connectivity index (χ2n) is 7.70. The number of carbonyl (C=O) groups excluding carboxylic acids is 2. The number of rotatable bonds is 4. The minimum atomic E-state index is -0.179. The van der Waals surface area contributed by atoms with Crippen LogP contribution in [0.3, 0.4) is 0 Å². The number of hydrogen-bond donors (Lipinski definition) is 0. The topological polar surface area (TPSA) is 59.8 Å². The fourth-order valence-electron chi connectivity index (χ4n) is 4.34. The standard InChI is InChI=1S/C22H25NO4/c1-13-4-8-17(18(10-13)26-3)22-14(2)11-19(27-22)21(25)15-5-6-16-7-9-20(24)23(16)12-15/h4,8,10-11,15-16H,5-7,9,12H2,1-3H3/t15-,16+/m1/s1. The second-order valence-corrected chi connectivity index (χ2v) is 7.70. The predicted molar refractivity (Wildman–Crippen MR) is 102 cm³/mol. The molecule has 2 aliphatic heterocycles. The third-order valence-corrected chi connectivity index (χ3v) is 5.85. The highest BCUT2D eigenvalue weighted by Crippen LogP contribution is 2.37. The van der Waals surface area contributed by atoms with E-state index in [2.05, 4.69) is 0 Å². The van der Waals surface area contributed by atoms with Crippen LogP contribution in [0.5, 0.6) is 5.75 Å². The van der Waals surface area contributed by atoms with Gasteiger partial charge < -0.3 is 14.1 Å². The van der Waals surface area contributed by atoms with Gasteiger partial charge in [-0.25, -0.2) is 0 Å². The molecular weight excluding hydrogens is 342 g/mol. The summed E-state index contributed by atoms with van der Waals surface area (Å²) >= 11 is 0. The summed E-state index contributed by atoms with van der Waals surface area (Å²) in [5.74, 6) is 1.77. The van der Waals surface area contributed by atoms with Crippen molar-refractivity contribution in [2.24, 2.45) is 5.92 Å². The predicted octanol–water partition coefficient (Wildman–Crippen LogP) is 4.16. The normalized spacial score (nSPS) is 22.0. The van der Waals surface area contributed by atoms with Crippen molar-refractivity contribution in [1.29, 1.82) is 0 Å². The molecule has 2 aliphatic rings. The lowest BCUT2D eigenvalue weighted by atomic mass is 9.89. The summed E-state index contributed by atoms with van der Waals surface area (Å²) in [7, 11) is 1.63. The third-order valence-electron chi connectivity index (χ3n) is 5.85. The number of piperidine rings is 1. The van der Waals surface area contributed by atoms with Gasteiger partial charge in [-0.15, -0.1) is 0 Å². The van der Waals surface area contributed by atoms with E-state index >= 15 is 0 Å². The lowest BCUT2D eigenvalue weighted by Gasteiger charge is -2.34. The number of amides is 1. The molecule has 2 atom stereocenters. The van der Waals surface area contributed by atoms with Crippen LogP contribution in [-0.4, -0.2) is 36.3 Å². The first kappa shape index (κ1) is 17.8. The maximum Gasteiger partial charge on any atom is 0.222 e. The van der Waals surface area contributed by atoms with E-state index < -0.39 is 0 Å². The molecule has 2 saturated heterocycles. The molecule has 0 unspecified atom stereocenters. The highest BCUT2D eigenvalue weighted by Gasteiger charge is 2.39. The van der Waals surface area contributed by atoms with E-state index in [4.69, 9.17) is 9.15 Å². The van der Waals surface area contributed by atoms with Gasteiger partial charge >= 0.3 is 0 Å². The molecule has 0 radical (unpaired) electrons. The number of Topliss-reactive ketones (excluding diaryl/α,β-unsaturated/α-hetero) is 1. The Morgan fingerprint density at radius 2 is 2.00 bits per heavy atom. The van der Waals surface area contributed by atoms with Crippen LogP contribution in [0.4, 0.5) is 0 Å². The molecule has 2 fully saturated rings. The summed E-state index contributed by atoms with van der Waals surface area (Å²) in [6.07, 6.45) is 3.26. The minimum absolute atomic E-state index is 0.00595. The Kier molecular flexibility index (Phi) is 4.54. The minimum Gasteiger partial charge on any atom is -0.496 e. The summed E-state index contributed by atoms with van der Waals surface area (Å²) in [5, 5.41) is 0. The van der Waals surface area contributed by atoms with Gasteiger partial charge in [-0.2, -0.15) is 0 Å². The number of fused-ring (bicyclic) bond motifs is 1. The highest BCUT2D eigenvalue weighted by atomic mass is 16.5. The van der Waals surface area contributed by atoms with Crippen LogP contribution in [0.25, 0.3) is 11.3 Å². The number of hydrogen-bond acceptors (Lipinski definition) is 4. The molecule has 142 valence electrons. The summed E-state index contributed by atoms with van der Waals surface area (Å²) in [6, 6.07) is 8.06. The van der Waals surface area contributed by atoms with Crippen LogP contribution in [-0.2, 0) is 4.79 Å². The van der Waals surface area contributed by atoms with Crippen molar-refractivity contribution in [3.05, 3.63) is 41.2 Å². The van der Waals surface area contributed by atoms with Gasteiger partial charge in [0, 0.05) is 24.9 Å². The first-order chi connectivity index (χ1) is 13.0. The Hall–Kier alpha value is -2.56. The van der Waals surface area contributed by atoms with Crippen LogP contribution >= 0.6 is 0 Å². The van der Waals surface area contributed by atoms with Crippen LogP contribution in [0.1, 0.15) is 47.4 Å². The lowest BCUT2D eigenvalue weighted by molar-refractivity contribution is -0.130. The molecule has 4 rings (SSSR count). The number of aryl methyl sites for hydroxylation is 2. The number of benzene rings is 1. The van der Waals surface area contributed by atoms with E-state index in [1.165, 1.54) is 0 Å². The number of carbonyl (C=O) groups is 2. The Morgan fingerprint density at radius 1 is 1.19 bits per heavy atom. The molecular formula is C22H25NO4. The molecule has 1 amide bonds. The molecule has 5 heteroatoms. The van der Waals surface area contributed by atoms with Gasteiger partial charge in [0.25, 0.3) is 0 Å². The van der Waals surface area contributed by atoms with Crippen LogP contribution in [0, 0.1) is 19.8 Å². The van der Waals surface area contributed by atoms with E-state index in [1.54, 1.807) is 7.11 Å². The zero-order valence-corrected chi connectivity index (χ0v) is 16.1. The van der Waals surface area contributed by atoms with Crippen LogP contribution < -0.4 is 4.74 Å². The molecule has 3 heterocycles. The molecule has 0 saturated carbocycles. The van der Waals surface area contributed by atoms with Gasteiger partial charge in [0.15, 0.2) is 5.76 Å². The molecule has 0 bridgehead atoms. The smallest absolute Gasteiger partial charge is 0.222 e. The van der Waals surface area contributed by atoms with Gasteiger partial charge in [0.1, 0.15) is 11.5 Å². The Morgan fingerprint density at radius 3 is 2.78 bits per heavy atom. The molecule has 27 heavy (non-hydrogen) atoms. The Labute approximate surface area is 159 Å². The number of ketones is 1. The van der Waals surface area contributed by atoms with Crippen LogP contribution in [0.2, 0.25) is 0 Å². The van der Waals surface area contributed by atoms with Gasteiger partial charge in [0.05, 0.1) is 12.7 Å². The quantitative estimate of drug-likeness (QED) is 0.762. The molecule has 1 aromatic carbocycles. The first-order valence-electron chi connectivity index (χ1n) is 9.57. The van der Waals surface area contributed by atoms with Gasteiger partial charge in [-0.1, -0.05) is 6.07 Å². The number of methoxy groups -OCH3 is 1. The van der Waals surface area contributed by atoms with E-state index in [9.17, 15) is 9.59 Å². The lowest BCUT2D eigenvalue weighted by Crippen LogP contribution is -2.43. The first-order valence-corrected chi connectivity index (χ1v) is 9.57. The SMILES string of the molecule is COc1cc(C)ccc1-c1oc(C(=O)[C@@H]2CC[C@H]3CCC(=O)N3C2)cc1C. The maximum absolute atomic E-state index is 13.0. The zero-order valence-electron chi connectivity index (χ0n) is 16.1. The Balaban J connectivity index is 1.60. The highest BCUT2D eigenvalue weighted by molar-refractivity contribution is 5.97. The number of ether oxygens (including phenoxy) is 1. The summed E-state index contributed by atoms with van der Waals surface area (Å²) in [4.78, 5) is 27.0.